The number of allylic oxidation sites excluding steroid dienone is 1. The van der Waals surface area contributed by atoms with Gasteiger partial charge in [-0.3, -0.25) is 14.4 Å². The van der Waals surface area contributed by atoms with Crippen molar-refractivity contribution in [1.29, 1.82) is 0 Å². The number of halogens is 3. The summed E-state index contributed by atoms with van der Waals surface area (Å²) in [6.45, 7) is 1.53. The predicted molar refractivity (Wildman–Crippen MR) is 130 cm³/mol. The van der Waals surface area contributed by atoms with Gasteiger partial charge < -0.3 is 19.9 Å². The lowest BCUT2D eigenvalue weighted by atomic mass is 9.98. The minimum Gasteiger partial charge on any atom is -0.491 e. The highest BCUT2D eigenvalue weighted by atomic mass is 19.1. The molecule has 3 aliphatic heterocycles. The Balaban J connectivity index is 1.45. The minimum absolute atomic E-state index is 0.0822. The van der Waals surface area contributed by atoms with Crippen molar-refractivity contribution in [3.8, 4) is 0 Å². The van der Waals surface area contributed by atoms with Crippen LogP contribution in [-0.2, 0) is 32.3 Å². The first-order valence-corrected chi connectivity index (χ1v) is 12.1. The molecule has 1 saturated heterocycles. The number of rotatable bonds is 6. The molecular weight excluding hydrogens is 499 g/mol. The molecule has 3 aliphatic rings. The Kier molecular flexibility index (Phi) is 6.79. The average Bonchev–Trinajstić information content (AvgIpc) is 3.02. The normalized spacial score (nSPS) is 20.7. The van der Waals surface area contributed by atoms with E-state index in [1.165, 1.54) is 17.2 Å². The molecule has 1 fully saturated rings. The predicted octanol–water partition coefficient (Wildman–Crippen LogP) is 3.48. The molecule has 38 heavy (non-hydrogen) atoms. The molecule has 2 bridgehead atoms. The molecule has 3 heterocycles. The third kappa shape index (κ3) is 4.81. The van der Waals surface area contributed by atoms with E-state index in [2.05, 4.69) is 5.32 Å². The van der Waals surface area contributed by atoms with Gasteiger partial charge in [0, 0.05) is 55.0 Å². The smallest absolute Gasteiger partial charge is 0.274 e. The molecule has 1 N–H and O–H groups in total. The van der Waals surface area contributed by atoms with Crippen LogP contribution in [0.2, 0.25) is 0 Å². The van der Waals surface area contributed by atoms with Gasteiger partial charge in [-0.15, -0.1) is 0 Å². The van der Waals surface area contributed by atoms with Crippen molar-refractivity contribution in [3.63, 3.8) is 0 Å². The van der Waals surface area contributed by atoms with E-state index in [0.717, 1.165) is 5.56 Å². The number of hydrogen-bond donors (Lipinski definition) is 1. The zero-order chi connectivity index (χ0) is 27.0. The van der Waals surface area contributed by atoms with Crippen molar-refractivity contribution < 1.29 is 32.3 Å². The van der Waals surface area contributed by atoms with Crippen LogP contribution in [-0.4, -0.2) is 46.0 Å². The number of ether oxygens (including phenoxy) is 1. The van der Waals surface area contributed by atoms with E-state index in [4.69, 9.17) is 4.74 Å². The minimum atomic E-state index is -1.12. The van der Waals surface area contributed by atoms with Gasteiger partial charge in [0.15, 0.2) is 5.78 Å². The van der Waals surface area contributed by atoms with Crippen LogP contribution in [0.25, 0.3) is 0 Å². The maximum absolute atomic E-state index is 14.1. The van der Waals surface area contributed by atoms with E-state index in [1.54, 1.807) is 11.0 Å². The maximum Gasteiger partial charge on any atom is 0.274 e. The number of hydrogen-bond acceptors (Lipinski definition) is 5. The maximum atomic E-state index is 14.1. The van der Waals surface area contributed by atoms with Gasteiger partial charge in [-0.05, 0) is 18.6 Å². The Morgan fingerprint density at radius 3 is 2.53 bits per heavy atom. The zero-order valence-corrected chi connectivity index (χ0v) is 20.4. The van der Waals surface area contributed by atoms with E-state index >= 15 is 0 Å². The molecule has 0 aliphatic carbocycles. The molecule has 196 valence electrons. The molecule has 2 aromatic rings. The average molecular weight is 524 g/mol. The molecule has 0 saturated carbocycles. The Labute approximate surface area is 216 Å². The molecule has 10 heteroatoms. The van der Waals surface area contributed by atoms with Crippen molar-refractivity contribution in [1.82, 2.24) is 15.1 Å². The van der Waals surface area contributed by atoms with Gasteiger partial charge in [0.25, 0.3) is 5.91 Å². The molecule has 2 amide bonds. The number of nitrogens with zero attached hydrogens (tertiary/aromatic N) is 2. The number of amides is 2. The quantitative estimate of drug-likeness (QED) is 0.628. The van der Waals surface area contributed by atoms with Crippen LogP contribution in [0.15, 0.2) is 77.8 Å². The van der Waals surface area contributed by atoms with Crippen molar-refractivity contribution in [2.24, 2.45) is 0 Å². The number of carbonyl (C=O) groups excluding carboxylic acids is 3. The van der Waals surface area contributed by atoms with E-state index in [1.807, 2.05) is 37.3 Å². The van der Waals surface area contributed by atoms with E-state index in [9.17, 15) is 27.6 Å². The first kappa shape index (κ1) is 25.3. The first-order chi connectivity index (χ1) is 18.2. The number of benzene rings is 2. The second-order valence-electron chi connectivity index (χ2n) is 9.29. The summed E-state index contributed by atoms with van der Waals surface area (Å²) < 4.78 is 47.5. The number of ketones is 1. The molecule has 0 unspecified atom stereocenters. The monoisotopic (exact) mass is 523 g/mol. The molecule has 7 nitrogen and oxygen atoms in total. The molecule has 0 aromatic heterocycles. The Morgan fingerprint density at radius 1 is 1.11 bits per heavy atom. The summed E-state index contributed by atoms with van der Waals surface area (Å²) in [6.07, 6.45) is 4.42. The summed E-state index contributed by atoms with van der Waals surface area (Å²) in [7, 11) is 0. The third-order valence-corrected chi connectivity index (χ3v) is 6.78. The topological polar surface area (TPSA) is 78.9 Å². The van der Waals surface area contributed by atoms with Crippen LogP contribution in [0.5, 0.6) is 0 Å². The summed E-state index contributed by atoms with van der Waals surface area (Å²) in [6, 6.07) is 9.23. The molecule has 0 spiro atoms. The van der Waals surface area contributed by atoms with Crippen LogP contribution in [0.1, 0.15) is 24.5 Å². The summed E-state index contributed by atoms with van der Waals surface area (Å²) >= 11 is 0. The van der Waals surface area contributed by atoms with Crippen LogP contribution >= 0.6 is 0 Å². The lowest BCUT2D eigenvalue weighted by Crippen LogP contribution is -2.57. The van der Waals surface area contributed by atoms with Crippen molar-refractivity contribution in [2.45, 2.75) is 38.6 Å². The van der Waals surface area contributed by atoms with Crippen LogP contribution in [0, 0.1) is 17.5 Å². The van der Waals surface area contributed by atoms with E-state index in [0.29, 0.717) is 12.1 Å². The zero-order valence-electron chi connectivity index (χ0n) is 20.4. The lowest BCUT2D eigenvalue weighted by Gasteiger charge is -2.43. The Morgan fingerprint density at radius 2 is 1.82 bits per heavy atom. The molecule has 2 atom stereocenters. The van der Waals surface area contributed by atoms with Crippen LogP contribution in [0.3, 0.4) is 0 Å². The number of piperazine rings is 1. The lowest BCUT2D eigenvalue weighted by molar-refractivity contribution is -0.136. The molecular formula is C28H24F3N3O4. The number of nitrogens with one attached hydrogen (secondary N) is 1. The van der Waals surface area contributed by atoms with Gasteiger partial charge in [-0.1, -0.05) is 36.4 Å². The van der Waals surface area contributed by atoms with Gasteiger partial charge >= 0.3 is 0 Å². The third-order valence-electron chi connectivity index (χ3n) is 6.78. The Bertz CT molecular complexity index is 1380. The van der Waals surface area contributed by atoms with E-state index in [-0.39, 0.29) is 54.3 Å². The first-order valence-electron chi connectivity index (χ1n) is 12.1. The highest BCUT2D eigenvalue weighted by Crippen LogP contribution is 2.35. The van der Waals surface area contributed by atoms with Crippen LogP contribution in [0.4, 0.5) is 13.2 Å². The fourth-order valence-corrected chi connectivity index (χ4v) is 4.70. The van der Waals surface area contributed by atoms with E-state index < -0.39 is 41.5 Å². The van der Waals surface area contributed by atoms with Crippen LogP contribution < -0.4 is 5.32 Å². The number of fused-ring (bicyclic) bond motifs is 4. The largest absolute Gasteiger partial charge is 0.491 e. The summed E-state index contributed by atoms with van der Waals surface area (Å²) in [5.74, 6) is -4.34. The number of carbonyl (C=O) groups is 3. The van der Waals surface area contributed by atoms with Crippen molar-refractivity contribution in [3.05, 3.63) is 106 Å². The fraction of sp³-hybridized carbons (Fsp3) is 0.250. The summed E-state index contributed by atoms with van der Waals surface area (Å²) in [5, 5.41) is 2.45. The van der Waals surface area contributed by atoms with Gasteiger partial charge in [0.2, 0.25) is 5.91 Å². The highest BCUT2D eigenvalue weighted by Gasteiger charge is 2.45. The van der Waals surface area contributed by atoms with Gasteiger partial charge in [-0.25, -0.2) is 13.2 Å². The molecule has 2 aromatic carbocycles. The molecule has 5 rings (SSSR count). The summed E-state index contributed by atoms with van der Waals surface area (Å²) in [4.78, 5) is 42.6. The standard InChI is InChI=1S/C28H24F3N3O4/c1-16-7-8-24(35)23-14-33(16)28(37)26-25(38-15-17-5-3-2-4-6-17)9-18(13-34(23)26)27(36)32-12-20-21(30)10-19(29)11-22(20)31/h2-8,10-11,13,16,23H,9,12,14-15H2,1H3,(H,32,36)/t16-,23+/m0/s1. The SMILES string of the molecule is C[C@H]1C=CC(=O)[C@H]2CN1C(=O)C1=C(OCc3ccccc3)CC(C(=O)NCc3c(F)cc(F)cc3F)=CN12. The van der Waals surface area contributed by atoms with Crippen molar-refractivity contribution >= 4 is 17.6 Å². The van der Waals surface area contributed by atoms with Gasteiger partial charge in [0.05, 0.1) is 0 Å². The van der Waals surface area contributed by atoms with Gasteiger partial charge in [-0.2, -0.15) is 0 Å². The van der Waals surface area contributed by atoms with Gasteiger partial charge in [0.1, 0.15) is 41.6 Å². The highest BCUT2D eigenvalue weighted by molar-refractivity contribution is 6.03. The van der Waals surface area contributed by atoms with Crippen molar-refractivity contribution in [2.75, 3.05) is 6.54 Å². The molecule has 0 radical (unpaired) electrons. The second-order valence-corrected chi connectivity index (χ2v) is 9.29. The second kappa shape index (κ2) is 10.2. The summed E-state index contributed by atoms with van der Waals surface area (Å²) in [5.41, 5.74) is 0.653. The fourth-order valence-electron chi connectivity index (χ4n) is 4.70. The Hall–Kier alpha value is -4.34.